The van der Waals surface area contributed by atoms with Gasteiger partial charge >= 0.3 is 14.5 Å². The van der Waals surface area contributed by atoms with Crippen LogP contribution in [0.1, 0.15) is 27.2 Å². The van der Waals surface area contributed by atoms with Crippen molar-refractivity contribution in [3.8, 4) is 0 Å². The minimum absolute atomic E-state index is 0.172. The van der Waals surface area contributed by atoms with Crippen LogP contribution in [0, 0.1) is 5.41 Å². The highest BCUT2D eigenvalue weighted by atomic mass is 28.4. The lowest BCUT2D eigenvalue weighted by atomic mass is 9.90. The summed E-state index contributed by atoms with van der Waals surface area (Å²) >= 11 is 0. The number of aliphatic hydroxyl groups is 1. The Bertz CT molecular complexity index is 337. The third-order valence-corrected chi connectivity index (χ3v) is 8.36. The first-order valence-electron chi connectivity index (χ1n) is 7.49. The molecule has 0 aromatic carbocycles. The summed E-state index contributed by atoms with van der Waals surface area (Å²) in [4.78, 5) is 12.0. The molecule has 1 atom stereocenters. The fourth-order valence-electron chi connectivity index (χ4n) is 1.64. The van der Waals surface area contributed by atoms with Crippen LogP contribution in [-0.2, 0) is 18.1 Å². The summed E-state index contributed by atoms with van der Waals surface area (Å²) in [6.45, 7) is 15.8. The average Bonchev–Trinajstić information content (AvgIpc) is 2.31. The van der Waals surface area contributed by atoms with Crippen molar-refractivity contribution in [1.82, 2.24) is 0 Å². The Kier molecular flexibility index (Phi) is 7.79. The standard InChI is InChI=1S/C14H32O5Si2/c1-9-14(2,3)13(16)18-12(10-15)11-17-21(7,8)19-20(4,5)6/h12,15H,9-11H2,1-8H3. The molecule has 0 fully saturated rings. The molecule has 0 aromatic heterocycles. The van der Waals surface area contributed by atoms with Gasteiger partial charge in [-0.05, 0) is 53.0 Å². The number of esters is 1. The lowest BCUT2D eigenvalue weighted by Crippen LogP contribution is -2.47. The van der Waals surface area contributed by atoms with Crippen LogP contribution in [0.5, 0.6) is 0 Å². The largest absolute Gasteiger partial charge is 0.457 e. The second-order valence-corrected chi connectivity index (χ2v) is 15.5. The van der Waals surface area contributed by atoms with E-state index in [4.69, 9.17) is 13.3 Å². The number of hydrogen-bond donors (Lipinski definition) is 1. The molecule has 126 valence electrons. The fraction of sp³-hybridized carbons (Fsp3) is 0.929. The predicted octanol–water partition coefficient (Wildman–Crippen LogP) is 2.90. The van der Waals surface area contributed by atoms with Crippen molar-refractivity contribution in [2.45, 2.75) is 66.0 Å². The Morgan fingerprint density at radius 3 is 2.10 bits per heavy atom. The normalized spacial score (nSPS) is 14.9. The van der Waals surface area contributed by atoms with E-state index in [1.807, 2.05) is 33.9 Å². The maximum Gasteiger partial charge on any atom is 0.321 e. The van der Waals surface area contributed by atoms with Gasteiger partial charge in [0, 0.05) is 0 Å². The quantitative estimate of drug-likeness (QED) is 0.518. The van der Waals surface area contributed by atoms with Gasteiger partial charge in [0.1, 0.15) is 6.10 Å². The van der Waals surface area contributed by atoms with Crippen molar-refractivity contribution in [2.24, 2.45) is 5.41 Å². The fourth-order valence-corrected chi connectivity index (χ4v) is 8.36. The zero-order valence-corrected chi connectivity index (χ0v) is 16.8. The average molecular weight is 337 g/mol. The molecule has 0 aliphatic rings. The molecule has 0 aromatic rings. The van der Waals surface area contributed by atoms with Gasteiger partial charge in [-0.15, -0.1) is 0 Å². The molecule has 0 aliphatic heterocycles. The minimum Gasteiger partial charge on any atom is -0.457 e. The molecule has 0 radical (unpaired) electrons. The molecule has 7 heteroatoms. The molecule has 0 saturated carbocycles. The summed E-state index contributed by atoms with van der Waals surface area (Å²) < 4.78 is 17.2. The molecular formula is C14H32O5Si2. The van der Waals surface area contributed by atoms with Gasteiger partial charge in [-0.3, -0.25) is 4.79 Å². The minimum atomic E-state index is -2.26. The van der Waals surface area contributed by atoms with Gasteiger partial charge in [0.05, 0.1) is 18.6 Å². The van der Waals surface area contributed by atoms with Gasteiger partial charge in [0.15, 0.2) is 8.32 Å². The molecule has 0 bridgehead atoms. The van der Waals surface area contributed by atoms with E-state index in [9.17, 15) is 9.90 Å². The van der Waals surface area contributed by atoms with E-state index in [1.54, 1.807) is 0 Å². The summed E-state index contributed by atoms with van der Waals surface area (Å²) in [6, 6.07) is 0. The van der Waals surface area contributed by atoms with Gasteiger partial charge in [0.25, 0.3) is 0 Å². The highest BCUT2D eigenvalue weighted by molar-refractivity contribution is 6.81. The van der Waals surface area contributed by atoms with Crippen molar-refractivity contribution in [2.75, 3.05) is 13.2 Å². The highest BCUT2D eigenvalue weighted by Crippen LogP contribution is 2.23. The van der Waals surface area contributed by atoms with Crippen LogP contribution in [0.4, 0.5) is 0 Å². The summed E-state index contributed by atoms with van der Waals surface area (Å²) in [6.07, 6.45) is 0.0458. The molecule has 0 amide bonds. The first-order valence-corrected chi connectivity index (χ1v) is 13.7. The highest BCUT2D eigenvalue weighted by Gasteiger charge is 2.34. The van der Waals surface area contributed by atoms with Gasteiger partial charge in [0.2, 0.25) is 0 Å². The maximum absolute atomic E-state index is 12.0. The Morgan fingerprint density at radius 2 is 1.71 bits per heavy atom. The van der Waals surface area contributed by atoms with Crippen molar-refractivity contribution < 1.29 is 23.2 Å². The zero-order chi connectivity index (χ0) is 16.9. The van der Waals surface area contributed by atoms with E-state index in [2.05, 4.69) is 19.6 Å². The Hall–Kier alpha value is -0.216. The molecule has 21 heavy (non-hydrogen) atoms. The van der Waals surface area contributed by atoms with Crippen LogP contribution in [0.15, 0.2) is 0 Å². The number of hydrogen-bond acceptors (Lipinski definition) is 5. The molecular weight excluding hydrogens is 304 g/mol. The summed E-state index contributed by atoms with van der Waals surface area (Å²) in [5, 5.41) is 9.37. The lowest BCUT2D eigenvalue weighted by molar-refractivity contribution is -0.163. The Balaban J connectivity index is 4.49. The second kappa shape index (κ2) is 7.87. The second-order valence-electron chi connectivity index (χ2n) is 7.37. The maximum atomic E-state index is 12.0. The lowest BCUT2D eigenvalue weighted by Gasteiger charge is -2.32. The first-order chi connectivity index (χ1) is 9.33. The van der Waals surface area contributed by atoms with Gasteiger partial charge in [-0.2, -0.15) is 0 Å². The number of rotatable bonds is 9. The van der Waals surface area contributed by atoms with Crippen molar-refractivity contribution in [1.29, 1.82) is 0 Å². The molecule has 1 unspecified atom stereocenters. The number of carbonyl (C=O) groups is 1. The van der Waals surface area contributed by atoms with E-state index in [1.165, 1.54) is 0 Å². The van der Waals surface area contributed by atoms with Gasteiger partial charge < -0.3 is 18.4 Å². The third-order valence-electron chi connectivity index (χ3n) is 3.08. The van der Waals surface area contributed by atoms with Crippen LogP contribution in [0.3, 0.4) is 0 Å². The predicted molar refractivity (Wildman–Crippen MR) is 88.9 cm³/mol. The number of aliphatic hydroxyl groups excluding tert-OH is 1. The molecule has 0 aliphatic carbocycles. The number of ether oxygens (including phenoxy) is 1. The van der Waals surface area contributed by atoms with Crippen molar-refractivity contribution in [3.05, 3.63) is 0 Å². The Morgan fingerprint density at radius 1 is 1.19 bits per heavy atom. The molecule has 0 spiro atoms. The van der Waals surface area contributed by atoms with E-state index in [-0.39, 0.29) is 19.2 Å². The van der Waals surface area contributed by atoms with Crippen LogP contribution in [0.25, 0.3) is 0 Å². The molecule has 0 saturated heterocycles. The third kappa shape index (κ3) is 8.72. The number of carbonyl (C=O) groups excluding carboxylic acids is 1. The molecule has 1 N–H and O–H groups in total. The SMILES string of the molecule is CCC(C)(C)C(=O)OC(CO)CO[Si](C)(C)O[Si](C)(C)C. The van der Waals surface area contributed by atoms with E-state index >= 15 is 0 Å². The summed E-state index contributed by atoms with van der Waals surface area (Å²) in [5.41, 5.74) is -0.546. The molecule has 0 rings (SSSR count). The molecule has 5 nitrogen and oxygen atoms in total. The smallest absolute Gasteiger partial charge is 0.321 e. The van der Waals surface area contributed by atoms with E-state index in [0.29, 0.717) is 6.42 Å². The topological polar surface area (TPSA) is 65.0 Å². The van der Waals surface area contributed by atoms with E-state index in [0.717, 1.165) is 0 Å². The van der Waals surface area contributed by atoms with Gasteiger partial charge in [-0.1, -0.05) is 6.92 Å². The van der Waals surface area contributed by atoms with Crippen LogP contribution < -0.4 is 0 Å². The zero-order valence-electron chi connectivity index (χ0n) is 14.8. The van der Waals surface area contributed by atoms with Crippen LogP contribution >= 0.6 is 0 Å². The summed E-state index contributed by atoms with van der Waals surface area (Å²) in [7, 11) is -3.94. The van der Waals surface area contributed by atoms with Crippen LogP contribution in [0.2, 0.25) is 32.7 Å². The monoisotopic (exact) mass is 336 g/mol. The Labute approximate surface area is 131 Å². The van der Waals surface area contributed by atoms with Crippen molar-refractivity contribution in [3.63, 3.8) is 0 Å². The van der Waals surface area contributed by atoms with E-state index < -0.39 is 28.4 Å². The van der Waals surface area contributed by atoms with Crippen molar-refractivity contribution >= 4 is 22.8 Å². The van der Waals surface area contributed by atoms with Crippen LogP contribution in [-0.4, -0.2) is 47.3 Å². The molecule has 0 heterocycles. The first kappa shape index (κ1) is 20.8. The van der Waals surface area contributed by atoms with Gasteiger partial charge in [-0.25, -0.2) is 0 Å². The summed E-state index contributed by atoms with van der Waals surface area (Å²) in [5.74, 6) is -0.307.